The smallest absolute Gasteiger partial charge is 0.407 e. The number of nitrogens with one attached hydrogen (secondary N) is 3. The van der Waals surface area contributed by atoms with Crippen LogP contribution in [-0.2, 0) is 14.8 Å². The lowest BCUT2D eigenvalue weighted by molar-refractivity contribution is 0.0527. The Balaban J connectivity index is 4.15. The van der Waals surface area contributed by atoms with Crippen molar-refractivity contribution < 1.29 is 17.9 Å². The number of nitrogens with zero attached hydrogens (tertiary/aromatic N) is 2. The van der Waals surface area contributed by atoms with Crippen molar-refractivity contribution in [2.24, 2.45) is 4.99 Å². The van der Waals surface area contributed by atoms with Gasteiger partial charge < -0.3 is 20.7 Å². The first-order valence-electron chi connectivity index (χ1n) is 9.43. The van der Waals surface area contributed by atoms with Gasteiger partial charge in [-0.1, -0.05) is 6.92 Å². The molecule has 0 aromatic carbocycles. The van der Waals surface area contributed by atoms with Gasteiger partial charge in [-0.2, -0.15) is 0 Å². The second-order valence-electron chi connectivity index (χ2n) is 7.08. The Morgan fingerprint density at radius 1 is 1.07 bits per heavy atom. The van der Waals surface area contributed by atoms with Gasteiger partial charge in [0.25, 0.3) is 0 Å². The summed E-state index contributed by atoms with van der Waals surface area (Å²) in [5.41, 5.74) is -0.505. The van der Waals surface area contributed by atoms with Gasteiger partial charge in [0.2, 0.25) is 10.0 Å². The van der Waals surface area contributed by atoms with Crippen LogP contribution in [0.5, 0.6) is 0 Å². The van der Waals surface area contributed by atoms with Crippen LogP contribution in [0.4, 0.5) is 4.79 Å². The zero-order valence-corrected chi connectivity index (χ0v) is 18.4. The average molecular weight is 408 g/mol. The number of hydrogen-bond acceptors (Lipinski definition) is 5. The highest BCUT2D eigenvalue weighted by molar-refractivity contribution is 7.88. The van der Waals surface area contributed by atoms with Gasteiger partial charge in [-0.05, 0) is 40.5 Å². The number of alkyl carbamates (subject to hydrolysis) is 1. The monoisotopic (exact) mass is 407 g/mol. The van der Waals surface area contributed by atoms with E-state index in [1.54, 1.807) is 0 Å². The number of hydrogen-bond donors (Lipinski definition) is 3. The van der Waals surface area contributed by atoms with Crippen LogP contribution in [0, 0.1) is 0 Å². The SMILES string of the molecule is CCNC(=NCCCNC(=O)OC(C)(C)C)NCCCN(CC)S(C)(=O)=O. The normalized spacial score (nSPS) is 12.8. The number of carbonyl (C=O) groups is 1. The van der Waals surface area contributed by atoms with Gasteiger partial charge in [0.1, 0.15) is 5.60 Å². The van der Waals surface area contributed by atoms with Crippen LogP contribution in [0.1, 0.15) is 47.5 Å². The van der Waals surface area contributed by atoms with Gasteiger partial charge >= 0.3 is 6.09 Å². The van der Waals surface area contributed by atoms with Crippen molar-refractivity contribution in [1.82, 2.24) is 20.3 Å². The molecule has 0 heterocycles. The average Bonchev–Trinajstić information content (AvgIpc) is 2.51. The first kappa shape index (κ1) is 25.4. The van der Waals surface area contributed by atoms with Gasteiger partial charge in [0, 0.05) is 39.3 Å². The molecule has 0 rings (SSSR count). The number of amides is 1. The van der Waals surface area contributed by atoms with E-state index in [4.69, 9.17) is 4.74 Å². The molecule has 0 aromatic heterocycles. The zero-order chi connectivity index (χ0) is 20.9. The number of guanidine groups is 1. The summed E-state index contributed by atoms with van der Waals surface area (Å²) < 4.78 is 29.7. The lowest BCUT2D eigenvalue weighted by Crippen LogP contribution is -2.39. The lowest BCUT2D eigenvalue weighted by atomic mass is 10.2. The lowest BCUT2D eigenvalue weighted by Gasteiger charge is -2.19. The highest BCUT2D eigenvalue weighted by Gasteiger charge is 2.15. The molecule has 10 heteroatoms. The molecule has 0 aliphatic carbocycles. The molecule has 0 saturated heterocycles. The summed E-state index contributed by atoms with van der Waals surface area (Å²) in [5, 5.41) is 9.02. The Kier molecular flexibility index (Phi) is 12.0. The van der Waals surface area contributed by atoms with Gasteiger partial charge in [-0.25, -0.2) is 17.5 Å². The Bertz CT molecular complexity index is 558. The predicted octanol–water partition coefficient (Wildman–Crippen LogP) is 1.13. The molecular formula is C17H37N5O4S. The number of ether oxygens (including phenoxy) is 1. The molecule has 1 amide bonds. The highest BCUT2D eigenvalue weighted by atomic mass is 32.2. The Morgan fingerprint density at radius 3 is 2.22 bits per heavy atom. The minimum absolute atomic E-state index is 0.428. The number of carbonyl (C=O) groups excluding carboxylic acids is 1. The quantitative estimate of drug-likeness (QED) is 0.269. The molecule has 0 aliphatic heterocycles. The van der Waals surface area contributed by atoms with Crippen LogP contribution in [-0.4, -0.2) is 75.9 Å². The van der Waals surface area contributed by atoms with Crippen LogP contribution in [0.2, 0.25) is 0 Å². The molecular weight excluding hydrogens is 370 g/mol. The molecule has 160 valence electrons. The highest BCUT2D eigenvalue weighted by Crippen LogP contribution is 2.06. The van der Waals surface area contributed by atoms with Crippen molar-refractivity contribution in [3.05, 3.63) is 0 Å². The second-order valence-corrected chi connectivity index (χ2v) is 9.06. The van der Waals surface area contributed by atoms with Crippen molar-refractivity contribution in [2.75, 3.05) is 45.5 Å². The van der Waals surface area contributed by atoms with Crippen molar-refractivity contribution >= 4 is 22.1 Å². The van der Waals surface area contributed by atoms with Gasteiger partial charge in [0.15, 0.2) is 5.96 Å². The van der Waals surface area contributed by atoms with Crippen molar-refractivity contribution in [2.45, 2.75) is 53.1 Å². The fraction of sp³-hybridized carbons (Fsp3) is 0.882. The number of aliphatic imine (C=N–C) groups is 1. The van der Waals surface area contributed by atoms with E-state index < -0.39 is 21.7 Å². The molecule has 0 aliphatic rings. The van der Waals surface area contributed by atoms with Crippen LogP contribution < -0.4 is 16.0 Å². The molecule has 0 atom stereocenters. The summed E-state index contributed by atoms with van der Waals surface area (Å²) in [6.07, 6.45) is 2.17. The molecule has 0 bridgehead atoms. The van der Waals surface area contributed by atoms with E-state index in [1.807, 2.05) is 34.6 Å². The second kappa shape index (κ2) is 12.8. The van der Waals surface area contributed by atoms with Crippen molar-refractivity contribution in [1.29, 1.82) is 0 Å². The molecule has 3 N–H and O–H groups in total. The first-order chi connectivity index (χ1) is 12.5. The summed E-state index contributed by atoms with van der Waals surface area (Å²) in [6, 6.07) is 0. The minimum atomic E-state index is -3.15. The fourth-order valence-corrected chi connectivity index (χ4v) is 3.07. The molecule has 0 fully saturated rings. The standard InChI is InChI=1S/C17H37N5O4S/c1-7-18-15(20-13-10-14-22(8-2)27(6,24)25)19-11-9-12-21-16(23)26-17(3,4)5/h7-14H2,1-6H3,(H,21,23)(H2,18,19,20). The molecule has 9 nitrogen and oxygen atoms in total. The van der Waals surface area contributed by atoms with E-state index in [2.05, 4.69) is 20.9 Å². The maximum absolute atomic E-state index is 11.6. The Morgan fingerprint density at radius 2 is 1.70 bits per heavy atom. The van der Waals surface area contributed by atoms with Gasteiger partial charge in [-0.15, -0.1) is 0 Å². The summed E-state index contributed by atoms with van der Waals surface area (Å²) >= 11 is 0. The summed E-state index contributed by atoms with van der Waals surface area (Å²) in [6.45, 7) is 12.6. The van der Waals surface area contributed by atoms with Gasteiger partial charge in [-0.3, -0.25) is 4.99 Å². The van der Waals surface area contributed by atoms with Crippen LogP contribution >= 0.6 is 0 Å². The maximum atomic E-state index is 11.6. The van der Waals surface area contributed by atoms with Crippen LogP contribution in [0.25, 0.3) is 0 Å². The minimum Gasteiger partial charge on any atom is -0.444 e. The van der Waals surface area contributed by atoms with E-state index in [1.165, 1.54) is 10.6 Å². The summed E-state index contributed by atoms with van der Waals surface area (Å²) in [7, 11) is -3.15. The summed E-state index contributed by atoms with van der Waals surface area (Å²) in [4.78, 5) is 16.0. The topological polar surface area (TPSA) is 112 Å². The molecule has 27 heavy (non-hydrogen) atoms. The first-order valence-corrected chi connectivity index (χ1v) is 11.3. The third-order valence-electron chi connectivity index (χ3n) is 3.32. The van der Waals surface area contributed by atoms with Gasteiger partial charge in [0.05, 0.1) is 6.26 Å². The van der Waals surface area contributed by atoms with E-state index in [-0.39, 0.29) is 0 Å². The van der Waals surface area contributed by atoms with E-state index in [9.17, 15) is 13.2 Å². The molecule has 0 unspecified atom stereocenters. The van der Waals surface area contributed by atoms with Crippen LogP contribution in [0.3, 0.4) is 0 Å². The molecule has 0 spiro atoms. The Labute approximate surface area is 164 Å². The van der Waals surface area contributed by atoms with E-state index in [0.29, 0.717) is 51.5 Å². The largest absolute Gasteiger partial charge is 0.444 e. The van der Waals surface area contributed by atoms with E-state index in [0.717, 1.165) is 6.54 Å². The number of sulfonamides is 1. The third kappa shape index (κ3) is 14.2. The molecule has 0 radical (unpaired) electrons. The maximum Gasteiger partial charge on any atom is 0.407 e. The fourth-order valence-electron chi connectivity index (χ4n) is 2.14. The van der Waals surface area contributed by atoms with E-state index >= 15 is 0 Å². The number of rotatable bonds is 11. The molecule has 0 aromatic rings. The zero-order valence-electron chi connectivity index (χ0n) is 17.6. The Hall–Kier alpha value is -1.55. The predicted molar refractivity (Wildman–Crippen MR) is 110 cm³/mol. The molecule has 0 saturated carbocycles. The third-order valence-corrected chi connectivity index (χ3v) is 4.69. The van der Waals surface area contributed by atoms with Crippen molar-refractivity contribution in [3.63, 3.8) is 0 Å². The summed E-state index contributed by atoms with van der Waals surface area (Å²) in [5.74, 6) is 0.678. The van der Waals surface area contributed by atoms with Crippen LogP contribution in [0.15, 0.2) is 4.99 Å². The van der Waals surface area contributed by atoms with Crippen molar-refractivity contribution in [3.8, 4) is 0 Å².